The zero-order valence-electron chi connectivity index (χ0n) is 14.6. The number of carbonyl (C=O) groups excluding carboxylic acids is 2. The van der Waals surface area contributed by atoms with E-state index in [-0.39, 0.29) is 17.9 Å². The number of hydrogen-bond acceptors (Lipinski definition) is 3. The number of amides is 2. The third-order valence-electron chi connectivity index (χ3n) is 4.40. The van der Waals surface area contributed by atoms with Crippen LogP contribution in [-0.2, 0) is 9.53 Å². The van der Waals surface area contributed by atoms with Crippen LogP contribution in [0.1, 0.15) is 52.9 Å². The quantitative estimate of drug-likeness (QED) is 0.809. The Balaban J connectivity index is 1.69. The van der Waals surface area contributed by atoms with E-state index in [4.69, 9.17) is 4.74 Å². The molecule has 23 heavy (non-hydrogen) atoms. The molecule has 1 saturated heterocycles. The van der Waals surface area contributed by atoms with Crippen LogP contribution in [0, 0.1) is 11.8 Å². The van der Waals surface area contributed by atoms with Crippen LogP contribution in [-0.4, -0.2) is 42.1 Å². The fourth-order valence-electron chi connectivity index (χ4n) is 3.17. The van der Waals surface area contributed by atoms with Crippen LogP contribution in [0.15, 0.2) is 12.2 Å². The maximum absolute atomic E-state index is 12.1. The van der Waals surface area contributed by atoms with Crippen LogP contribution in [0.25, 0.3) is 0 Å². The number of likely N-dealkylation sites (tertiary alicyclic amines) is 1. The van der Waals surface area contributed by atoms with Crippen molar-refractivity contribution in [1.29, 1.82) is 0 Å². The van der Waals surface area contributed by atoms with Crippen molar-refractivity contribution in [3.05, 3.63) is 12.2 Å². The molecule has 0 aromatic rings. The Kier molecular flexibility index (Phi) is 6.08. The van der Waals surface area contributed by atoms with Gasteiger partial charge in [-0.3, -0.25) is 4.79 Å². The van der Waals surface area contributed by atoms with E-state index in [2.05, 4.69) is 17.5 Å². The molecule has 0 saturated carbocycles. The van der Waals surface area contributed by atoms with Crippen molar-refractivity contribution >= 4 is 12.0 Å². The molecule has 1 heterocycles. The molecule has 0 bridgehead atoms. The highest BCUT2D eigenvalue weighted by molar-refractivity contribution is 5.79. The second kappa shape index (κ2) is 7.84. The molecule has 0 aromatic carbocycles. The second-order valence-corrected chi connectivity index (χ2v) is 7.65. The standard InChI is InChI=1S/C18H30N2O3/c1-18(2,3)23-17(22)20-12-6-7-14(13-20)10-11-19-16(21)15-8-4-5-9-15/h4-5,14-15H,6-13H2,1-3H3,(H,19,21)/t14-/m1/s1. The van der Waals surface area contributed by atoms with Gasteiger partial charge in [-0.2, -0.15) is 0 Å². The number of nitrogens with zero attached hydrogens (tertiary/aromatic N) is 1. The van der Waals surface area contributed by atoms with Crippen molar-refractivity contribution in [3.63, 3.8) is 0 Å². The van der Waals surface area contributed by atoms with Gasteiger partial charge in [-0.1, -0.05) is 12.2 Å². The summed E-state index contributed by atoms with van der Waals surface area (Å²) in [6, 6.07) is 0. The third kappa shape index (κ3) is 5.88. The summed E-state index contributed by atoms with van der Waals surface area (Å²) in [7, 11) is 0. The van der Waals surface area contributed by atoms with Crippen LogP contribution in [0.3, 0.4) is 0 Å². The van der Waals surface area contributed by atoms with E-state index in [1.165, 1.54) is 0 Å². The number of rotatable bonds is 4. The predicted molar refractivity (Wildman–Crippen MR) is 90.0 cm³/mol. The summed E-state index contributed by atoms with van der Waals surface area (Å²) in [6.45, 7) is 7.86. The van der Waals surface area contributed by atoms with Gasteiger partial charge in [0.1, 0.15) is 5.60 Å². The molecule has 130 valence electrons. The minimum Gasteiger partial charge on any atom is -0.444 e. The van der Waals surface area contributed by atoms with Crippen molar-refractivity contribution in [2.24, 2.45) is 11.8 Å². The molecule has 5 heteroatoms. The Hall–Kier alpha value is -1.52. The summed E-state index contributed by atoms with van der Waals surface area (Å²) in [4.78, 5) is 25.9. The smallest absolute Gasteiger partial charge is 0.410 e. The lowest BCUT2D eigenvalue weighted by atomic mass is 9.95. The number of hydrogen-bond donors (Lipinski definition) is 1. The van der Waals surface area contributed by atoms with Gasteiger partial charge in [0, 0.05) is 25.6 Å². The molecule has 0 radical (unpaired) electrons. The van der Waals surface area contributed by atoms with Gasteiger partial charge in [0.25, 0.3) is 0 Å². The molecule has 2 rings (SSSR count). The molecular weight excluding hydrogens is 292 g/mol. The van der Waals surface area contributed by atoms with Crippen LogP contribution in [0.5, 0.6) is 0 Å². The van der Waals surface area contributed by atoms with Crippen molar-refractivity contribution in [2.45, 2.75) is 58.5 Å². The second-order valence-electron chi connectivity index (χ2n) is 7.65. The molecule has 5 nitrogen and oxygen atoms in total. The SMILES string of the molecule is CC(C)(C)OC(=O)N1CCC[C@H](CCNC(=O)C2CC=CC2)C1. The van der Waals surface area contributed by atoms with Gasteiger partial charge in [0.05, 0.1) is 0 Å². The highest BCUT2D eigenvalue weighted by Crippen LogP contribution is 2.22. The van der Waals surface area contributed by atoms with E-state index in [0.29, 0.717) is 12.5 Å². The first-order valence-corrected chi connectivity index (χ1v) is 8.76. The van der Waals surface area contributed by atoms with E-state index in [1.807, 2.05) is 25.7 Å². The average molecular weight is 322 g/mol. The normalized spacial score (nSPS) is 22.2. The van der Waals surface area contributed by atoms with Gasteiger partial charge in [-0.05, 0) is 58.8 Å². The molecule has 1 atom stereocenters. The summed E-state index contributed by atoms with van der Waals surface area (Å²) in [5.41, 5.74) is -0.451. The van der Waals surface area contributed by atoms with Crippen molar-refractivity contribution < 1.29 is 14.3 Å². The Bertz CT molecular complexity index is 446. The lowest BCUT2D eigenvalue weighted by Gasteiger charge is -2.34. The van der Waals surface area contributed by atoms with Gasteiger partial charge in [-0.25, -0.2) is 4.79 Å². The summed E-state index contributed by atoms with van der Waals surface area (Å²) in [5, 5.41) is 3.04. The van der Waals surface area contributed by atoms with Gasteiger partial charge in [0.15, 0.2) is 0 Å². The molecule has 0 aromatic heterocycles. The Morgan fingerprint density at radius 3 is 2.61 bits per heavy atom. The first-order chi connectivity index (χ1) is 10.8. The first-order valence-electron chi connectivity index (χ1n) is 8.76. The molecule has 1 fully saturated rings. The topological polar surface area (TPSA) is 58.6 Å². The third-order valence-corrected chi connectivity index (χ3v) is 4.40. The number of nitrogens with one attached hydrogen (secondary N) is 1. The van der Waals surface area contributed by atoms with Gasteiger partial charge in [0.2, 0.25) is 5.91 Å². The minimum absolute atomic E-state index is 0.125. The molecule has 2 amide bonds. The fourth-order valence-corrected chi connectivity index (χ4v) is 3.17. The summed E-state index contributed by atoms with van der Waals surface area (Å²) < 4.78 is 5.45. The maximum Gasteiger partial charge on any atom is 0.410 e. The van der Waals surface area contributed by atoms with E-state index < -0.39 is 5.60 Å². The molecular formula is C18H30N2O3. The summed E-state index contributed by atoms with van der Waals surface area (Å²) in [6.07, 6.45) is 8.69. The van der Waals surface area contributed by atoms with Crippen LogP contribution < -0.4 is 5.32 Å². The van der Waals surface area contributed by atoms with Gasteiger partial charge in [-0.15, -0.1) is 0 Å². The van der Waals surface area contributed by atoms with Crippen LogP contribution >= 0.6 is 0 Å². The molecule has 0 spiro atoms. The summed E-state index contributed by atoms with van der Waals surface area (Å²) in [5.74, 6) is 0.729. The van der Waals surface area contributed by atoms with Crippen molar-refractivity contribution in [3.8, 4) is 0 Å². The van der Waals surface area contributed by atoms with E-state index in [1.54, 1.807) is 0 Å². The lowest BCUT2D eigenvalue weighted by Crippen LogP contribution is -2.43. The number of allylic oxidation sites excluding steroid dienone is 2. The maximum atomic E-state index is 12.1. The van der Waals surface area contributed by atoms with E-state index >= 15 is 0 Å². The minimum atomic E-state index is -0.451. The number of carbonyl (C=O) groups is 2. The predicted octanol–water partition coefficient (Wildman–Crippen LogP) is 3.11. The van der Waals surface area contributed by atoms with Crippen molar-refractivity contribution in [2.75, 3.05) is 19.6 Å². The molecule has 1 aliphatic heterocycles. The molecule has 1 N–H and O–H groups in total. The van der Waals surface area contributed by atoms with Gasteiger partial charge < -0.3 is 15.0 Å². The highest BCUT2D eigenvalue weighted by atomic mass is 16.6. The number of piperidine rings is 1. The highest BCUT2D eigenvalue weighted by Gasteiger charge is 2.27. The lowest BCUT2D eigenvalue weighted by molar-refractivity contribution is -0.124. The van der Waals surface area contributed by atoms with Crippen molar-refractivity contribution in [1.82, 2.24) is 10.2 Å². The van der Waals surface area contributed by atoms with Gasteiger partial charge >= 0.3 is 6.09 Å². The summed E-state index contributed by atoms with van der Waals surface area (Å²) >= 11 is 0. The molecule has 2 aliphatic rings. The monoisotopic (exact) mass is 322 g/mol. The van der Waals surface area contributed by atoms with E-state index in [0.717, 1.165) is 45.2 Å². The zero-order valence-corrected chi connectivity index (χ0v) is 14.6. The largest absolute Gasteiger partial charge is 0.444 e. The Morgan fingerprint density at radius 1 is 1.26 bits per heavy atom. The molecule has 0 unspecified atom stereocenters. The average Bonchev–Trinajstić information content (AvgIpc) is 3.00. The Labute approximate surface area is 139 Å². The Morgan fingerprint density at radius 2 is 1.96 bits per heavy atom. The first kappa shape index (κ1) is 17.8. The van der Waals surface area contributed by atoms with E-state index in [9.17, 15) is 9.59 Å². The fraction of sp³-hybridized carbons (Fsp3) is 0.778. The van der Waals surface area contributed by atoms with Crippen LogP contribution in [0.2, 0.25) is 0 Å². The molecule has 1 aliphatic carbocycles. The number of ether oxygens (including phenoxy) is 1. The zero-order chi connectivity index (χ0) is 16.9. The van der Waals surface area contributed by atoms with Crippen LogP contribution in [0.4, 0.5) is 4.79 Å².